The number of carbonyl (C=O) groups excluding carboxylic acids is 1. The Bertz CT molecular complexity index is 890. The fraction of sp³-hybridized carbons (Fsp3) is 0.250. The SMILES string of the molecule is CC[C@H](NC(=O)c1cccc(-c2ccc(SC)cc2)c1)c1nc(C)no1. The van der Waals surface area contributed by atoms with Crippen LogP contribution in [0.25, 0.3) is 11.1 Å². The van der Waals surface area contributed by atoms with Gasteiger partial charge in [-0.25, -0.2) is 0 Å². The van der Waals surface area contributed by atoms with Gasteiger partial charge in [-0.15, -0.1) is 11.8 Å². The molecule has 1 amide bonds. The number of benzene rings is 2. The van der Waals surface area contributed by atoms with Crippen LogP contribution in [0.3, 0.4) is 0 Å². The average molecular weight is 367 g/mol. The van der Waals surface area contributed by atoms with Crippen molar-refractivity contribution >= 4 is 17.7 Å². The van der Waals surface area contributed by atoms with Crippen molar-refractivity contribution in [3.05, 3.63) is 65.8 Å². The van der Waals surface area contributed by atoms with Crippen LogP contribution in [0.5, 0.6) is 0 Å². The first-order valence-corrected chi connectivity index (χ1v) is 9.68. The van der Waals surface area contributed by atoms with Crippen LogP contribution in [0.1, 0.15) is 41.5 Å². The lowest BCUT2D eigenvalue weighted by Gasteiger charge is -2.13. The molecule has 26 heavy (non-hydrogen) atoms. The van der Waals surface area contributed by atoms with Crippen molar-refractivity contribution in [2.24, 2.45) is 0 Å². The van der Waals surface area contributed by atoms with Gasteiger partial charge in [0, 0.05) is 10.5 Å². The van der Waals surface area contributed by atoms with E-state index in [0.29, 0.717) is 23.7 Å². The quantitative estimate of drug-likeness (QED) is 0.642. The molecule has 134 valence electrons. The molecule has 1 atom stereocenters. The fourth-order valence-electron chi connectivity index (χ4n) is 2.66. The maximum atomic E-state index is 12.7. The molecule has 3 aromatic rings. The largest absolute Gasteiger partial charge is 0.340 e. The predicted molar refractivity (Wildman–Crippen MR) is 103 cm³/mol. The Morgan fingerprint density at radius 2 is 1.96 bits per heavy atom. The Morgan fingerprint density at radius 1 is 1.19 bits per heavy atom. The second-order valence-electron chi connectivity index (χ2n) is 5.92. The molecular formula is C20H21N3O2S. The normalized spacial score (nSPS) is 12.0. The number of aromatic nitrogens is 2. The summed E-state index contributed by atoms with van der Waals surface area (Å²) in [4.78, 5) is 18.1. The molecule has 0 saturated carbocycles. The zero-order valence-electron chi connectivity index (χ0n) is 15.0. The second kappa shape index (κ2) is 8.19. The third-order valence-corrected chi connectivity index (χ3v) is 4.85. The summed E-state index contributed by atoms with van der Waals surface area (Å²) in [7, 11) is 0. The number of amides is 1. The van der Waals surface area contributed by atoms with Crippen molar-refractivity contribution in [2.45, 2.75) is 31.2 Å². The molecule has 0 radical (unpaired) electrons. The highest BCUT2D eigenvalue weighted by Crippen LogP contribution is 2.24. The van der Waals surface area contributed by atoms with E-state index < -0.39 is 0 Å². The number of nitrogens with zero attached hydrogens (tertiary/aromatic N) is 2. The van der Waals surface area contributed by atoms with Crippen LogP contribution in [-0.4, -0.2) is 22.3 Å². The lowest BCUT2D eigenvalue weighted by atomic mass is 10.0. The van der Waals surface area contributed by atoms with E-state index in [4.69, 9.17) is 4.52 Å². The molecule has 0 fully saturated rings. The summed E-state index contributed by atoms with van der Waals surface area (Å²) in [6, 6.07) is 15.6. The molecule has 2 aromatic carbocycles. The van der Waals surface area contributed by atoms with Gasteiger partial charge >= 0.3 is 0 Å². The van der Waals surface area contributed by atoms with Crippen molar-refractivity contribution in [2.75, 3.05) is 6.26 Å². The molecule has 0 aliphatic carbocycles. The first-order chi connectivity index (χ1) is 12.6. The molecule has 1 N–H and O–H groups in total. The number of carbonyl (C=O) groups is 1. The van der Waals surface area contributed by atoms with E-state index >= 15 is 0 Å². The minimum atomic E-state index is -0.298. The van der Waals surface area contributed by atoms with E-state index in [1.165, 1.54) is 4.90 Å². The van der Waals surface area contributed by atoms with Gasteiger partial charge in [-0.1, -0.05) is 36.3 Å². The summed E-state index contributed by atoms with van der Waals surface area (Å²) in [5, 5.41) is 6.77. The molecule has 1 heterocycles. The Hall–Kier alpha value is -2.60. The minimum Gasteiger partial charge on any atom is -0.340 e. The van der Waals surface area contributed by atoms with Crippen molar-refractivity contribution in [1.82, 2.24) is 15.5 Å². The number of hydrogen-bond acceptors (Lipinski definition) is 5. The first-order valence-electron chi connectivity index (χ1n) is 8.46. The Kier molecular flexibility index (Phi) is 5.73. The minimum absolute atomic E-state index is 0.157. The summed E-state index contributed by atoms with van der Waals surface area (Å²) < 4.78 is 5.19. The van der Waals surface area contributed by atoms with Gasteiger partial charge in [0.2, 0.25) is 5.89 Å². The molecule has 0 saturated heterocycles. The monoisotopic (exact) mass is 367 g/mol. The van der Waals surface area contributed by atoms with Gasteiger partial charge in [0.1, 0.15) is 6.04 Å². The third kappa shape index (κ3) is 4.14. The average Bonchev–Trinajstić information content (AvgIpc) is 3.12. The van der Waals surface area contributed by atoms with Crippen LogP contribution in [0.2, 0.25) is 0 Å². The molecule has 5 nitrogen and oxygen atoms in total. The lowest BCUT2D eigenvalue weighted by molar-refractivity contribution is 0.0927. The molecule has 6 heteroatoms. The Morgan fingerprint density at radius 3 is 2.58 bits per heavy atom. The Balaban J connectivity index is 1.79. The Labute approximate surface area is 157 Å². The van der Waals surface area contributed by atoms with E-state index in [1.807, 2.05) is 25.1 Å². The van der Waals surface area contributed by atoms with Gasteiger partial charge in [0.25, 0.3) is 5.91 Å². The van der Waals surface area contributed by atoms with Crippen molar-refractivity contribution in [3.8, 4) is 11.1 Å². The second-order valence-corrected chi connectivity index (χ2v) is 6.80. The van der Waals surface area contributed by atoms with Crippen molar-refractivity contribution in [3.63, 3.8) is 0 Å². The molecule has 3 rings (SSSR count). The third-order valence-electron chi connectivity index (χ3n) is 4.10. The highest BCUT2D eigenvalue weighted by molar-refractivity contribution is 7.98. The van der Waals surface area contributed by atoms with Gasteiger partial charge in [0.05, 0.1) is 0 Å². The highest BCUT2D eigenvalue weighted by Gasteiger charge is 2.19. The molecule has 0 aliphatic heterocycles. The van der Waals surface area contributed by atoms with Crippen LogP contribution >= 0.6 is 11.8 Å². The maximum absolute atomic E-state index is 12.7. The zero-order valence-corrected chi connectivity index (χ0v) is 15.8. The molecule has 0 unspecified atom stereocenters. The summed E-state index contributed by atoms with van der Waals surface area (Å²) >= 11 is 1.71. The van der Waals surface area contributed by atoms with Crippen LogP contribution in [0.15, 0.2) is 57.9 Å². The van der Waals surface area contributed by atoms with Gasteiger partial charge in [-0.05, 0) is 55.0 Å². The standard InChI is InChI=1S/C20H21N3O2S/c1-4-18(20-21-13(2)23-25-20)22-19(24)16-7-5-6-15(12-16)14-8-10-17(26-3)11-9-14/h5-12,18H,4H2,1-3H3,(H,22,24)/t18-/m0/s1. The number of hydrogen-bond donors (Lipinski definition) is 1. The topological polar surface area (TPSA) is 68.0 Å². The highest BCUT2D eigenvalue weighted by atomic mass is 32.2. The molecule has 1 aromatic heterocycles. The molecular weight excluding hydrogens is 346 g/mol. The number of aryl methyl sites for hydroxylation is 1. The van der Waals surface area contributed by atoms with E-state index in [1.54, 1.807) is 24.8 Å². The molecule has 0 spiro atoms. The first kappa shape index (κ1) is 18.2. The van der Waals surface area contributed by atoms with E-state index in [9.17, 15) is 4.79 Å². The van der Waals surface area contributed by atoms with Crippen LogP contribution in [0.4, 0.5) is 0 Å². The maximum Gasteiger partial charge on any atom is 0.251 e. The van der Waals surface area contributed by atoms with E-state index in [-0.39, 0.29) is 11.9 Å². The molecule has 0 aliphatic rings. The van der Waals surface area contributed by atoms with Crippen LogP contribution in [0, 0.1) is 6.92 Å². The fourth-order valence-corrected chi connectivity index (χ4v) is 3.07. The van der Waals surface area contributed by atoms with E-state index in [0.717, 1.165) is 11.1 Å². The van der Waals surface area contributed by atoms with Gasteiger partial charge in [0.15, 0.2) is 5.82 Å². The summed E-state index contributed by atoms with van der Waals surface area (Å²) in [6.45, 7) is 3.72. The van der Waals surface area contributed by atoms with Gasteiger partial charge in [-0.3, -0.25) is 4.79 Å². The van der Waals surface area contributed by atoms with Crippen molar-refractivity contribution in [1.29, 1.82) is 0 Å². The van der Waals surface area contributed by atoms with Crippen LogP contribution < -0.4 is 5.32 Å². The summed E-state index contributed by atoms with van der Waals surface area (Å²) in [6.07, 6.45) is 2.72. The lowest BCUT2D eigenvalue weighted by Crippen LogP contribution is -2.28. The predicted octanol–water partition coefficient (Wildman–Crippen LogP) is 4.65. The van der Waals surface area contributed by atoms with Crippen LogP contribution in [-0.2, 0) is 0 Å². The number of rotatable bonds is 6. The summed E-state index contributed by atoms with van der Waals surface area (Å²) in [5.41, 5.74) is 2.69. The zero-order chi connectivity index (χ0) is 18.5. The van der Waals surface area contributed by atoms with E-state index in [2.05, 4.69) is 46.0 Å². The smallest absolute Gasteiger partial charge is 0.251 e. The van der Waals surface area contributed by atoms with Crippen molar-refractivity contribution < 1.29 is 9.32 Å². The molecule has 0 bridgehead atoms. The number of thioether (sulfide) groups is 1. The summed E-state index contributed by atoms with van der Waals surface area (Å²) in [5.74, 6) is 0.834. The van der Waals surface area contributed by atoms with Gasteiger partial charge < -0.3 is 9.84 Å². The number of nitrogens with one attached hydrogen (secondary N) is 1. The van der Waals surface area contributed by atoms with Gasteiger partial charge in [-0.2, -0.15) is 4.98 Å².